The molecule has 12 heavy (non-hydrogen) atoms. The number of aryl methyl sites for hydroxylation is 1. The summed E-state index contributed by atoms with van der Waals surface area (Å²) in [5, 5.41) is 0. The lowest BCUT2D eigenvalue weighted by Crippen LogP contribution is -1.82. The Hall–Kier alpha value is -1.24. The first-order valence-corrected chi connectivity index (χ1v) is 4.05. The molecule has 64 valence electrons. The van der Waals surface area contributed by atoms with E-state index in [2.05, 4.69) is 6.92 Å². The second-order valence-corrected chi connectivity index (χ2v) is 3.13. The lowest BCUT2D eigenvalue weighted by Gasteiger charge is -2.00. The highest BCUT2D eigenvalue weighted by Crippen LogP contribution is 2.11. The number of hydrogen-bond donors (Lipinski definition) is 0. The smallest absolute Gasteiger partial charge is 0.126 e. The van der Waals surface area contributed by atoms with Gasteiger partial charge in [-0.05, 0) is 38.5 Å². The van der Waals surface area contributed by atoms with E-state index >= 15 is 0 Å². The maximum Gasteiger partial charge on any atom is 0.126 e. The zero-order valence-corrected chi connectivity index (χ0v) is 7.79. The summed E-state index contributed by atoms with van der Waals surface area (Å²) in [7, 11) is 0. The van der Waals surface area contributed by atoms with E-state index in [1.165, 1.54) is 5.56 Å². The molecule has 0 heterocycles. The van der Waals surface area contributed by atoms with E-state index in [0.29, 0.717) is 0 Å². The molecule has 0 aliphatic rings. The normalized spacial score (nSPS) is 9.25. The van der Waals surface area contributed by atoms with Gasteiger partial charge in [0.25, 0.3) is 0 Å². The van der Waals surface area contributed by atoms with Crippen LogP contribution in [-0.2, 0) is 0 Å². The highest BCUT2D eigenvalue weighted by Gasteiger charge is 1.88. The quantitative estimate of drug-likeness (QED) is 0.606. The predicted octanol–water partition coefficient (Wildman–Crippen LogP) is 3.30. The molecule has 0 spiro atoms. The highest BCUT2D eigenvalue weighted by atomic mass is 16.5. The number of benzene rings is 1. The van der Waals surface area contributed by atoms with Gasteiger partial charge in [0.05, 0.1) is 6.26 Å². The lowest BCUT2D eigenvalue weighted by molar-refractivity contribution is 0.475. The maximum atomic E-state index is 5.36. The van der Waals surface area contributed by atoms with Gasteiger partial charge >= 0.3 is 0 Å². The van der Waals surface area contributed by atoms with Crippen molar-refractivity contribution < 1.29 is 4.74 Å². The summed E-state index contributed by atoms with van der Waals surface area (Å²) in [4.78, 5) is 0. The first kappa shape index (κ1) is 8.85. The molecule has 0 saturated heterocycles. The van der Waals surface area contributed by atoms with E-state index in [9.17, 15) is 0 Å². The van der Waals surface area contributed by atoms with Gasteiger partial charge in [0.15, 0.2) is 0 Å². The summed E-state index contributed by atoms with van der Waals surface area (Å²) < 4.78 is 5.36. The second kappa shape index (κ2) is 3.96. The van der Waals surface area contributed by atoms with E-state index in [0.717, 1.165) is 11.3 Å². The van der Waals surface area contributed by atoms with Crippen LogP contribution in [0, 0.1) is 6.92 Å². The van der Waals surface area contributed by atoms with Crippen molar-refractivity contribution in [1.29, 1.82) is 0 Å². The number of hydrogen-bond acceptors (Lipinski definition) is 1. The Morgan fingerprint density at radius 3 is 2.25 bits per heavy atom. The molecule has 1 nitrogen and oxygen atoms in total. The van der Waals surface area contributed by atoms with Crippen LogP contribution in [0.4, 0.5) is 0 Å². The largest absolute Gasteiger partial charge is 0.465 e. The summed E-state index contributed by atoms with van der Waals surface area (Å²) in [5.41, 5.74) is 2.41. The molecule has 0 aliphatic heterocycles. The zero-order valence-electron chi connectivity index (χ0n) is 7.79. The summed E-state index contributed by atoms with van der Waals surface area (Å²) >= 11 is 0. The van der Waals surface area contributed by atoms with Crippen LogP contribution in [0.2, 0.25) is 0 Å². The molecular weight excluding hydrogens is 148 g/mol. The van der Waals surface area contributed by atoms with Crippen LogP contribution < -0.4 is 4.74 Å². The van der Waals surface area contributed by atoms with Crippen LogP contribution in [0.25, 0.3) is 0 Å². The van der Waals surface area contributed by atoms with Crippen molar-refractivity contribution in [3.8, 4) is 5.75 Å². The standard InChI is InChI=1S/C11H14O/c1-9(2)8-12-11-6-4-10(3)5-7-11/h4-8H,1-3H3. The van der Waals surface area contributed by atoms with E-state index in [4.69, 9.17) is 4.74 Å². The Kier molecular flexibility index (Phi) is 2.92. The Balaban J connectivity index is 2.65. The van der Waals surface area contributed by atoms with Gasteiger partial charge in [0.1, 0.15) is 5.75 Å². The van der Waals surface area contributed by atoms with Gasteiger partial charge in [0, 0.05) is 0 Å². The van der Waals surface area contributed by atoms with Crippen molar-refractivity contribution in [1.82, 2.24) is 0 Å². The fourth-order valence-corrected chi connectivity index (χ4v) is 0.803. The van der Waals surface area contributed by atoms with Crippen molar-refractivity contribution in [2.45, 2.75) is 20.8 Å². The third-order valence-electron chi connectivity index (χ3n) is 1.45. The molecule has 0 N–H and O–H groups in total. The van der Waals surface area contributed by atoms with Crippen LogP contribution in [0.3, 0.4) is 0 Å². The van der Waals surface area contributed by atoms with Gasteiger partial charge in [-0.25, -0.2) is 0 Å². The van der Waals surface area contributed by atoms with E-state index in [1.807, 2.05) is 38.1 Å². The van der Waals surface area contributed by atoms with E-state index < -0.39 is 0 Å². The molecule has 1 heteroatoms. The molecule has 1 aromatic carbocycles. The van der Waals surface area contributed by atoms with Crippen molar-refractivity contribution in [3.05, 3.63) is 41.7 Å². The lowest BCUT2D eigenvalue weighted by atomic mass is 10.2. The molecule has 0 amide bonds. The molecule has 1 aromatic rings. The number of ether oxygens (including phenoxy) is 1. The van der Waals surface area contributed by atoms with Crippen LogP contribution in [0.15, 0.2) is 36.1 Å². The van der Waals surface area contributed by atoms with Gasteiger partial charge in [-0.1, -0.05) is 17.7 Å². The van der Waals surface area contributed by atoms with Crippen molar-refractivity contribution in [3.63, 3.8) is 0 Å². The first-order chi connectivity index (χ1) is 5.68. The summed E-state index contributed by atoms with van der Waals surface area (Å²) in [6, 6.07) is 8.01. The fraction of sp³-hybridized carbons (Fsp3) is 0.273. The van der Waals surface area contributed by atoms with Crippen LogP contribution in [-0.4, -0.2) is 0 Å². The molecule has 0 bridgehead atoms. The molecule has 0 atom stereocenters. The van der Waals surface area contributed by atoms with Crippen molar-refractivity contribution in [2.24, 2.45) is 0 Å². The van der Waals surface area contributed by atoms with Crippen molar-refractivity contribution in [2.75, 3.05) is 0 Å². The third-order valence-corrected chi connectivity index (χ3v) is 1.45. The minimum absolute atomic E-state index is 0.891. The summed E-state index contributed by atoms with van der Waals surface area (Å²) in [5.74, 6) is 0.891. The molecule has 1 rings (SSSR count). The molecule has 0 fully saturated rings. The second-order valence-electron chi connectivity index (χ2n) is 3.13. The molecule has 0 saturated carbocycles. The van der Waals surface area contributed by atoms with Crippen LogP contribution in [0.5, 0.6) is 5.75 Å². The molecule has 0 aliphatic carbocycles. The Labute approximate surface area is 73.7 Å². The van der Waals surface area contributed by atoms with Crippen molar-refractivity contribution >= 4 is 0 Å². The van der Waals surface area contributed by atoms with Gasteiger partial charge in [0.2, 0.25) is 0 Å². The molecule has 0 radical (unpaired) electrons. The molecular formula is C11H14O. The molecule has 0 aromatic heterocycles. The SMILES string of the molecule is CC(C)=COc1ccc(C)cc1. The van der Waals surface area contributed by atoms with E-state index in [1.54, 1.807) is 6.26 Å². The summed E-state index contributed by atoms with van der Waals surface area (Å²) in [6.45, 7) is 6.08. The van der Waals surface area contributed by atoms with Gasteiger partial charge < -0.3 is 4.74 Å². The Bertz CT molecular complexity index is 266. The highest BCUT2D eigenvalue weighted by molar-refractivity contribution is 5.27. The first-order valence-electron chi connectivity index (χ1n) is 4.05. The topological polar surface area (TPSA) is 9.23 Å². The minimum Gasteiger partial charge on any atom is -0.465 e. The maximum absolute atomic E-state index is 5.36. The van der Waals surface area contributed by atoms with Gasteiger partial charge in [-0.3, -0.25) is 0 Å². The fourth-order valence-electron chi connectivity index (χ4n) is 0.803. The van der Waals surface area contributed by atoms with Gasteiger partial charge in [-0.2, -0.15) is 0 Å². The van der Waals surface area contributed by atoms with Crippen LogP contribution >= 0.6 is 0 Å². The molecule has 0 unspecified atom stereocenters. The average molecular weight is 162 g/mol. The third kappa shape index (κ3) is 2.79. The Morgan fingerprint density at radius 1 is 1.17 bits per heavy atom. The minimum atomic E-state index is 0.891. The number of allylic oxidation sites excluding steroid dienone is 1. The summed E-state index contributed by atoms with van der Waals surface area (Å²) in [6.07, 6.45) is 1.75. The zero-order chi connectivity index (χ0) is 8.97. The van der Waals surface area contributed by atoms with Gasteiger partial charge in [-0.15, -0.1) is 0 Å². The predicted molar refractivity (Wildman–Crippen MR) is 51.2 cm³/mol. The monoisotopic (exact) mass is 162 g/mol. The number of rotatable bonds is 2. The Morgan fingerprint density at radius 2 is 1.75 bits per heavy atom. The average Bonchev–Trinajstić information content (AvgIpc) is 2.03. The van der Waals surface area contributed by atoms with Crippen LogP contribution in [0.1, 0.15) is 19.4 Å². The van der Waals surface area contributed by atoms with E-state index in [-0.39, 0.29) is 0 Å².